The number of hydrogen-bond donors (Lipinski definition) is 1. The summed E-state index contributed by atoms with van der Waals surface area (Å²) < 4.78 is 10.4. The first kappa shape index (κ1) is 12.2. The highest BCUT2D eigenvalue weighted by Gasteiger charge is 2.20. The highest BCUT2D eigenvalue weighted by Crippen LogP contribution is 2.21. The van der Waals surface area contributed by atoms with Crippen LogP contribution in [-0.4, -0.2) is 29.8 Å². The lowest BCUT2D eigenvalue weighted by Gasteiger charge is -2.00. The minimum absolute atomic E-state index is 0.611. The summed E-state index contributed by atoms with van der Waals surface area (Å²) in [5.74, 6) is 2.07. The summed E-state index contributed by atoms with van der Waals surface area (Å²) in [5, 5.41) is 7.43. The van der Waals surface area contributed by atoms with E-state index in [0.29, 0.717) is 17.8 Å². The highest BCUT2D eigenvalue weighted by molar-refractivity contribution is 5.56. The molecule has 1 saturated carbocycles. The Morgan fingerprint density at radius 1 is 1.42 bits per heavy atom. The predicted molar refractivity (Wildman–Crippen MR) is 71.0 cm³/mol. The van der Waals surface area contributed by atoms with E-state index in [1.807, 2.05) is 24.3 Å². The molecule has 1 aliphatic rings. The first-order valence-corrected chi connectivity index (χ1v) is 6.55. The summed E-state index contributed by atoms with van der Waals surface area (Å²) in [6, 6.07) is 8.36. The smallest absolute Gasteiger partial charge is 0.228 e. The largest absolute Gasteiger partial charge is 0.497 e. The van der Waals surface area contributed by atoms with Crippen LogP contribution in [0, 0.1) is 0 Å². The van der Waals surface area contributed by atoms with Crippen molar-refractivity contribution in [1.82, 2.24) is 15.5 Å². The van der Waals surface area contributed by atoms with Gasteiger partial charge in [-0.05, 0) is 25.0 Å². The highest BCUT2D eigenvalue weighted by atomic mass is 16.5. The first-order valence-electron chi connectivity index (χ1n) is 6.55. The third-order valence-electron chi connectivity index (χ3n) is 3.15. The van der Waals surface area contributed by atoms with Crippen molar-refractivity contribution in [2.45, 2.75) is 25.3 Å². The SMILES string of the molecule is COc1cccc(-c2noc(CCNC3CC3)n2)c1. The molecule has 0 unspecified atom stereocenters. The average molecular weight is 259 g/mol. The Balaban J connectivity index is 1.65. The summed E-state index contributed by atoms with van der Waals surface area (Å²) in [7, 11) is 1.64. The molecular weight excluding hydrogens is 242 g/mol. The molecule has 1 aromatic heterocycles. The van der Waals surface area contributed by atoms with Crippen molar-refractivity contribution in [3.8, 4) is 17.1 Å². The molecule has 1 N–H and O–H groups in total. The van der Waals surface area contributed by atoms with Gasteiger partial charge in [0.25, 0.3) is 0 Å². The number of aromatic nitrogens is 2. The molecule has 0 radical (unpaired) electrons. The second kappa shape index (κ2) is 5.40. The van der Waals surface area contributed by atoms with Crippen molar-refractivity contribution < 1.29 is 9.26 Å². The zero-order valence-corrected chi connectivity index (χ0v) is 10.9. The van der Waals surface area contributed by atoms with Crippen LogP contribution < -0.4 is 10.1 Å². The molecule has 5 heteroatoms. The molecule has 5 nitrogen and oxygen atoms in total. The van der Waals surface area contributed by atoms with Crippen LogP contribution in [0.15, 0.2) is 28.8 Å². The Kier molecular flexibility index (Phi) is 3.46. The second-order valence-electron chi connectivity index (χ2n) is 4.72. The van der Waals surface area contributed by atoms with E-state index in [1.54, 1.807) is 7.11 Å². The summed E-state index contributed by atoms with van der Waals surface area (Å²) in [6.45, 7) is 0.893. The minimum Gasteiger partial charge on any atom is -0.497 e. The minimum atomic E-state index is 0.611. The fraction of sp³-hybridized carbons (Fsp3) is 0.429. The van der Waals surface area contributed by atoms with E-state index in [9.17, 15) is 0 Å². The third kappa shape index (κ3) is 3.12. The van der Waals surface area contributed by atoms with E-state index in [-0.39, 0.29) is 0 Å². The van der Waals surface area contributed by atoms with Crippen molar-refractivity contribution in [2.75, 3.05) is 13.7 Å². The third-order valence-corrected chi connectivity index (χ3v) is 3.15. The monoisotopic (exact) mass is 259 g/mol. The normalized spacial score (nSPS) is 14.6. The molecule has 0 amide bonds. The molecule has 0 bridgehead atoms. The molecule has 3 rings (SSSR count). The van der Waals surface area contributed by atoms with Crippen LogP contribution >= 0.6 is 0 Å². The van der Waals surface area contributed by atoms with Gasteiger partial charge in [0, 0.05) is 24.6 Å². The molecule has 0 aliphatic heterocycles. The van der Waals surface area contributed by atoms with Crippen molar-refractivity contribution in [3.05, 3.63) is 30.2 Å². The van der Waals surface area contributed by atoms with E-state index in [0.717, 1.165) is 24.3 Å². The Morgan fingerprint density at radius 2 is 2.32 bits per heavy atom. The molecule has 1 heterocycles. The van der Waals surface area contributed by atoms with Crippen LogP contribution in [0.5, 0.6) is 5.75 Å². The lowest BCUT2D eigenvalue weighted by atomic mass is 10.2. The molecule has 1 aromatic carbocycles. The number of nitrogens with zero attached hydrogens (tertiary/aromatic N) is 2. The van der Waals surface area contributed by atoms with E-state index in [2.05, 4.69) is 15.5 Å². The lowest BCUT2D eigenvalue weighted by molar-refractivity contribution is 0.376. The van der Waals surface area contributed by atoms with Crippen LogP contribution in [0.1, 0.15) is 18.7 Å². The first-order chi connectivity index (χ1) is 9.35. The number of benzene rings is 1. The zero-order chi connectivity index (χ0) is 13.1. The molecule has 1 aliphatic carbocycles. The van der Waals surface area contributed by atoms with E-state index >= 15 is 0 Å². The molecule has 0 saturated heterocycles. The molecular formula is C14H17N3O2. The maximum Gasteiger partial charge on any atom is 0.228 e. The van der Waals surface area contributed by atoms with Crippen molar-refractivity contribution >= 4 is 0 Å². The van der Waals surface area contributed by atoms with Gasteiger partial charge in [0.2, 0.25) is 11.7 Å². The van der Waals surface area contributed by atoms with Crippen molar-refractivity contribution in [2.24, 2.45) is 0 Å². The molecule has 2 aromatic rings. The topological polar surface area (TPSA) is 60.2 Å². The van der Waals surface area contributed by atoms with Gasteiger partial charge in [-0.15, -0.1) is 0 Å². The second-order valence-corrected chi connectivity index (χ2v) is 4.72. The van der Waals surface area contributed by atoms with Gasteiger partial charge in [0.05, 0.1) is 7.11 Å². The van der Waals surface area contributed by atoms with Gasteiger partial charge in [-0.3, -0.25) is 0 Å². The quantitative estimate of drug-likeness (QED) is 0.860. The zero-order valence-electron chi connectivity index (χ0n) is 10.9. The summed E-state index contributed by atoms with van der Waals surface area (Å²) in [4.78, 5) is 4.40. The average Bonchev–Trinajstić information content (AvgIpc) is 3.15. The summed E-state index contributed by atoms with van der Waals surface area (Å²) in [6.07, 6.45) is 3.35. The van der Waals surface area contributed by atoms with Crippen molar-refractivity contribution in [3.63, 3.8) is 0 Å². The number of nitrogens with one attached hydrogen (secondary N) is 1. The summed E-state index contributed by atoms with van der Waals surface area (Å²) in [5.41, 5.74) is 0.907. The van der Waals surface area contributed by atoms with E-state index in [4.69, 9.17) is 9.26 Å². The Morgan fingerprint density at radius 3 is 3.11 bits per heavy atom. The molecule has 19 heavy (non-hydrogen) atoms. The maximum atomic E-state index is 5.25. The van der Waals surface area contributed by atoms with Gasteiger partial charge in [0.15, 0.2) is 0 Å². The number of methoxy groups -OCH3 is 1. The van der Waals surface area contributed by atoms with Crippen LogP contribution in [0.25, 0.3) is 11.4 Å². The van der Waals surface area contributed by atoms with E-state index < -0.39 is 0 Å². The van der Waals surface area contributed by atoms with Crippen molar-refractivity contribution in [1.29, 1.82) is 0 Å². The van der Waals surface area contributed by atoms with Gasteiger partial charge >= 0.3 is 0 Å². The molecule has 100 valence electrons. The molecule has 1 fully saturated rings. The lowest BCUT2D eigenvalue weighted by Crippen LogP contribution is -2.19. The standard InChI is InChI=1S/C14H17N3O2/c1-18-12-4-2-3-10(9-12)14-16-13(19-17-14)7-8-15-11-5-6-11/h2-4,9,11,15H,5-8H2,1H3. The Hall–Kier alpha value is -1.88. The van der Waals surface area contributed by atoms with Gasteiger partial charge in [-0.25, -0.2) is 0 Å². The van der Waals surface area contributed by atoms with Crippen LogP contribution in [-0.2, 0) is 6.42 Å². The maximum absolute atomic E-state index is 5.25. The predicted octanol–water partition coefficient (Wildman–Crippen LogP) is 2.04. The fourth-order valence-electron chi connectivity index (χ4n) is 1.91. The Bertz CT molecular complexity index is 549. The molecule has 0 atom stereocenters. The van der Waals surface area contributed by atoms with Crippen LogP contribution in [0.3, 0.4) is 0 Å². The summed E-state index contributed by atoms with van der Waals surface area (Å²) >= 11 is 0. The van der Waals surface area contributed by atoms with Crippen LogP contribution in [0.4, 0.5) is 0 Å². The number of hydrogen-bond acceptors (Lipinski definition) is 5. The van der Waals surface area contributed by atoms with Gasteiger partial charge in [0.1, 0.15) is 5.75 Å². The van der Waals surface area contributed by atoms with Gasteiger partial charge < -0.3 is 14.6 Å². The van der Waals surface area contributed by atoms with Crippen LogP contribution in [0.2, 0.25) is 0 Å². The fourth-order valence-corrected chi connectivity index (χ4v) is 1.91. The van der Waals surface area contributed by atoms with Gasteiger partial charge in [-0.1, -0.05) is 17.3 Å². The number of ether oxygens (including phenoxy) is 1. The Labute approximate surface area is 112 Å². The van der Waals surface area contributed by atoms with E-state index in [1.165, 1.54) is 12.8 Å². The molecule has 0 spiro atoms. The van der Waals surface area contributed by atoms with Gasteiger partial charge in [-0.2, -0.15) is 4.98 Å². The number of rotatable bonds is 6.